The zero-order valence-electron chi connectivity index (χ0n) is 17.5. The number of fused-ring (bicyclic) bond motifs is 1. The standard InChI is InChI=1S/C22H27BrN4O3S/c1-24-20(28)17(10-14-4-2-3-5-14)26-21(29)19-7-6-16(31-19)13-27-8-9-30-22-18(27)11-15(23)12-25-22/h6-7,11-12,14,17H,2-5,8-10,13H2,1H3,(H,24,28)(H,26,29). The van der Waals surface area contributed by atoms with Gasteiger partial charge in [-0.3, -0.25) is 9.59 Å². The van der Waals surface area contributed by atoms with Crippen LogP contribution in [0, 0.1) is 5.92 Å². The first-order chi connectivity index (χ1) is 15.0. The second-order valence-electron chi connectivity index (χ2n) is 8.04. The molecule has 1 fully saturated rings. The molecule has 2 N–H and O–H groups in total. The molecule has 31 heavy (non-hydrogen) atoms. The minimum absolute atomic E-state index is 0.125. The minimum atomic E-state index is -0.485. The first-order valence-corrected chi connectivity index (χ1v) is 12.3. The number of nitrogens with zero attached hydrogens (tertiary/aromatic N) is 2. The van der Waals surface area contributed by atoms with E-state index >= 15 is 0 Å². The first-order valence-electron chi connectivity index (χ1n) is 10.7. The number of rotatable bonds is 7. The molecule has 3 heterocycles. The van der Waals surface area contributed by atoms with E-state index < -0.39 is 6.04 Å². The molecular formula is C22H27BrN4O3S. The number of thiophene rings is 1. The van der Waals surface area contributed by atoms with Gasteiger partial charge in [0, 0.05) is 22.6 Å². The molecule has 1 unspecified atom stereocenters. The predicted molar refractivity (Wildman–Crippen MR) is 125 cm³/mol. The van der Waals surface area contributed by atoms with Gasteiger partial charge < -0.3 is 20.3 Å². The van der Waals surface area contributed by atoms with E-state index in [-0.39, 0.29) is 11.8 Å². The Hall–Kier alpha value is -2.13. The Labute approximate surface area is 194 Å². The summed E-state index contributed by atoms with van der Waals surface area (Å²) in [4.78, 5) is 33.4. The number of hydrogen-bond acceptors (Lipinski definition) is 6. The van der Waals surface area contributed by atoms with Crippen molar-refractivity contribution >= 4 is 44.8 Å². The number of halogens is 1. The van der Waals surface area contributed by atoms with Gasteiger partial charge in [-0.2, -0.15) is 0 Å². The molecule has 0 spiro atoms. The number of hydrogen-bond donors (Lipinski definition) is 2. The summed E-state index contributed by atoms with van der Waals surface area (Å²) < 4.78 is 6.55. The fourth-order valence-electron chi connectivity index (χ4n) is 4.28. The molecule has 0 radical (unpaired) electrons. The van der Waals surface area contributed by atoms with Crippen molar-refractivity contribution in [1.29, 1.82) is 0 Å². The highest BCUT2D eigenvalue weighted by molar-refractivity contribution is 9.10. The molecule has 166 valence electrons. The Balaban J connectivity index is 1.41. The lowest BCUT2D eigenvalue weighted by Crippen LogP contribution is -2.46. The number of carbonyl (C=O) groups is 2. The number of pyridine rings is 1. The van der Waals surface area contributed by atoms with Crippen LogP contribution in [0.25, 0.3) is 0 Å². The molecule has 1 aliphatic carbocycles. The molecule has 1 aliphatic heterocycles. The summed E-state index contributed by atoms with van der Waals surface area (Å²) in [5, 5.41) is 5.65. The van der Waals surface area contributed by atoms with Crippen LogP contribution in [-0.4, -0.2) is 43.0 Å². The maximum Gasteiger partial charge on any atom is 0.262 e. The van der Waals surface area contributed by atoms with Gasteiger partial charge in [-0.25, -0.2) is 4.98 Å². The van der Waals surface area contributed by atoms with E-state index in [0.29, 0.717) is 36.2 Å². The highest BCUT2D eigenvalue weighted by Crippen LogP contribution is 2.33. The highest BCUT2D eigenvalue weighted by atomic mass is 79.9. The third kappa shape index (κ3) is 5.38. The zero-order chi connectivity index (χ0) is 21.8. The van der Waals surface area contributed by atoms with E-state index in [1.807, 2.05) is 18.2 Å². The van der Waals surface area contributed by atoms with E-state index in [2.05, 4.69) is 36.4 Å². The Kier molecular flexibility index (Phi) is 7.12. The third-order valence-electron chi connectivity index (χ3n) is 5.88. The Morgan fingerprint density at radius 1 is 1.35 bits per heavy atom. The number of aromatic nitrogens is 1. The van der Waals surface area contributed by atoms with Crippen molar-refractivity contribution < 1.29 is 14.3 Å². The third-order valence-corrected chi connectivity index (χ3v) is 7.39. The summed E-state index contributed by atoms with van der Waals surface area (Å²) in [5.74, 6) is 0.829. The summed E-state index contributed by atoms with van der Waals surface area (Å²) in [5.41, 5.74) is 0.941. The monoisotopic (exact) mass is 506 g/mol. The Bertz CT molecular complexity index is 945. The van der Waals surface area contributed by atoms with E-state index in [1.165, 1.54) is 24.2 Å². The van der Waals surface area contributed by atoms with Gasteiger partial charge in [-0.05, 0) is 46.5 Å². The van der Waals surface area contributed by atoms with Crippen molar-refractivity contribution in [3.05, 3.63) is 38.6 Å². The van der Waals surface area contributed by atoms with Crippen molar-refractivity contribution in [3.8, 4) is 5.88 Å². The van der Waals surface area contributed by atoms with Gasteiger partial charge in [0.15, 0.2) is 0 Å². The van der Waals surface area contributed by atoms with Crippen LogP contribution in [0.1, 0.15) is 46.7 Å². The van der Waals surface area contributed by atoms with Crippen LogP contribution in [0.2, 0.25) is 0 Å². The van der Waals surface area contributed by atoms with E-state index in [9.17, 15) is 9.59 Å². The molecule has 0 aromatic carbocycles. The van der Waals surface area contributed by atoms with E-state index in [0.717, 1.165) is 34.4 Å². The van der Waals surface area contributed by atoms with Gasteiger partial charge in [-0.15, -0.1) is 11.3 Å². The average Bonchev–Trinajstić information content (AvgIpc) is 3.45. The zero-order valence-corrected chi connectivity index (χ0v) is 19.9. The van der Waals surface area contributed by atoms with Crippen molar-refractivity contribution in [2.75, 3.05) is 25.1 Å². The van der Waals surface area contributed by atoms with Gasteiger partial charge in [-0.1, -0.05) is 25.7 Å². The fourth-order valence-corrected chi connectivity index (χ4v) is 5.52. The van der Waals surface area contributed by atoms with Crippen molar-refractivity contribution in [3.63, 3.8) is 0 Å². The van der Waals surface area contributed by atoms with E-state index in [4.69, 9.17) is 4.74 Å². The SMILES string of the molecule is CNC(=O)C(CC1CCCC1)NC(=O)c1ccc(CN2CCOc3ncc(Br)cc32)s1. The molecule has 9 heteroatoms. The van der Waals surface area contributed by atoms with Crippen LogP contribution in [0.3, 0.4) is 0 Å². The average molecular weight is 507 g/mol. The van der Waals surface area contributed by atoms with E-state index in [1.54, 1.807) is 13.2 Å². The van der Waals surface area contributed by atoms with Crippen LogP contribution >= 0.6 is 27.3 Å². The first kappa shape index (κ1) is 22.1. The smallest absolute Gasteiger partial charge is 0.262 e. The normalized spacial score (nSPS) is 17.0. The summed E-state index contributed by atoms with van der Waals surface area (Å²) in [6, 6.07) is 5.33. The highest BCUT2D eigenvalue weighted by Gasteiger charge is 2.27. The van der Waals surface area contributed by atoms with Crippen LogP contribution in [-0.2, 0) is 11.3 Å². The number of carbonyl (C=O) groups excluding carboxylic acids is 2. The number of likely N-dealkylation sites (N-methyl/N-ethyl adjacent to an activating group) is 1. The lowest BCUT2D eigenvalue weighted by Gasteiger charge is -2.30. The molecule has 2 aromatic rings. The second-order valence-corrected chi connectivity index (χ2v) is 10.1. The van der Waals surface area contributed by atoms with Gasteiger partial charge in [0.2, 0.25) is 11.8 Å². The lowest BCUT2D eigenvalue weighted by molar-refractivity contribution is -0.122. The quantitative estimate of drug-likeness (QED) is 0.597. The molecule has 0 saturated heterocycles. The summed E-state index contributed by atoms with van der Waals surface area (Å²) in [6.45, 7) is 2.01. The number of anilines is 1. The second kappa shape index (κ2) is 9.99. The maximum absolute atomic E-state index is 12.9. The Morgan fingerprint density at radius 3 is 2.94 bits per heavy atom. The van der Waals surface area contributed by atoms with Gasteiger partial charge in [0.25, 0.3) is 5.91 Å². The largest absolute Gasteiger partial charge is 0.474 e. The van der Waals surface area contributed by atoms with Crippen molar-refractivity contribution in [2.45, 2.75) is 44.7 Å². The van der Waals surface area contributed by atoms with Crippen molar-refractivity contribution in [2.24, 2.45) is 5.92 Å². The lowest BCUT2D eigenvalue weighted by atomic mass is 9.98. The molecule has 1 atom stereocenters. The summed E-state index contributed by atoms with van der Waals surface area (Å²) >= 11 is 4.93. The van der Waals surface area contributed by atoms with Crippen LogP contribution in [0.4, 0.5) is 5.69 Å². The van der Waals surface area contributed by atoms with Gasteiger partial charge >= 0.3 is 0 Å². The molecule has 4 rings (SSSR count). The van der Waals surface area contributed by atoms with Crippen molar-refractivity contribution in [1.82, 2.24) is 15.6 Å². The molecule has 2 amide bonds. The fraction of sp³-hybridized carbons (Fsp3) is 0.500. The topological polar surface area (TPSA) is 83.6 Å². The van der Waals surface area contributed by atoms with Crippen LogP contribution in [0.15, 0.2) is 28.9 Å². The molecule has 1 saturated carbocycles. The minimum Gasteiger partial charge on any atom is -0.474 e. The number of amides is 2. The maximum atomic E-state index is 12.9. The van der Waals surface area contributed by atoms with Gasteiger partial charge in [0.1, 0.15) is 18.3 Å². The van der Waals surface area contributed by atoms with Crippen LogP contribution in [0.5, 0.6) is 5.88 Å². The molecule has 0 bridgehead atoms. The number of nitrogens with one attached hydrogen (secondary N) is 2. The molecule has 7 nitrogen and oxygen atoms in total. The van der Waals surface area contributed by atoms with Crippen LogP contribution < -0.4 is 20.3 Å². The summed E-state index contributed by atoms with van der Waals surface area (Å²) in [6.07, 6.45) is 7.13. The molecular weight excluding hydrogens is 480 g/mol. The molecule has 2 aromatic heterocycles. The van der Waals surface area contributed by atoms with Gasteiger partial charge in [0.05, 0.1) is 18.0 Å². The Morgan fingerprint density at radius 2 is 2.16 bits per heavy atom. The summed E-state index contributed by atoms with van der Waals surface area (Å²) in [7, 11) is 1.62. The molecule has 2 aliphatic rings. The number of ether oxygens (including phenoxy) is 1. The predicted octanol–water partition coefficient (Wildman–Crippen LogP) is 3.73.